The van der Waals surface area contributed by atoms with Gasteiger partial charge in [-0.1, -0.05) is 65.8 Å². The summed E-state index contributed by atoms with van der Waals surface area (Å²) < 4.78 is 26.6. The predicted octanol–water partition coefficient (Wildman–Crippen LogP) is 4.20. The number of nitrogens with one attached hydrogen (secondary N) is 1. The third-order valence-electron chi connectivity index (χ3n) is 6.78. The molecule has 1 aliphatic carbocycles. The zero-order chi connectivity index (χ0) is 26.7. The van der Waals surface area contributed by atoms with Crippen molar-refractivity contribution in [3.63, 3.8) is 0 Å². The molecule has 1 aliphatic heterocycles. The molecule has 0 saturated carbocycles. The topological polar surface area (TPSA) is 108 Å². The minimum absolute atomic E-state index is 0.00739. The van der Waals surface area contributed by atoms with Crippen molar-refractivity contribution in [3.05, 3.63) is 95.1 Å². The van der Waals surface area contributed by atoms with Gasteiger partial charge in [0.25, 0.3) is 5.91 Å². The Kier molecular flexibility index (Phi) is 7.42. The second-order valence-electron chi connectivity index (χ2n) is 9.40. The van der Waals surface area contributed by atoms with E-state index in [-0.39, 0.29) is 17.0 Å². The van der Waals surface area contributed by atoms with E-state index in [0.717, 1.165) is 31.3 Å². The summed E-state index contributed by atoms with van der Waals surface area (Å²) in [6.07, 6.45) is 2.16. The number of halogens is 1. The summed E-state index contributed by atoms with van der Waals surface area (Å²) in [5.41, 5.74) is 2.92. The summed E-state index contributed by atoms with van der Waals surface area (Å²) >= 11 is 0. The van der Waals surface area contributed by atoms with Crippen LogP contribution in [-0.4, -0.2) is 64.9 Å². The van der Waals surface area contributed by atoms with Gasteiger partial charge in [0.2, 0.25) is 5.85 Å². The van der Waals surface area contributed by atoms with Gasteiger partial charge in [-0.15, -0.1) is 0 Å². The number of hydrogen-bond donors (Lipinski definition) is 3. The zero-order valence-electron chi connectivity index (χ0n) is 21.1. The van der Waals surface area contributed by atoms with Crippen LogP contribution < -0.4 is 5.32 Å². The molecule has 0 bridgehead atoms. The molecule has 38 heavy (non-hydrogen) atoms. The Labute approximate surface area is 220 Å². The van der Waals surface area contributed by atoms with Crippen LogP contribution in [0.2, 0.25) is 0 Å². The molecule has 8 nitrogen and oxygen atoms in total. The fourth-order valence-electron chi connectivity index (χ4n) is 4.84. The number of nitrogens with zero attached hydrogens (tertiary/aromatic N) is 2. The lowest BCUT2D eigenvalue weighted by atomic mass is 9.83. The Bertz CT molecular complexity index is 1340. The smallest absolute Gasteiger partial charge is 0.274 e. The summed E-state index contributed by atoms with van der Waals surface area (Å²) in [6.45, 7) is 6.01. The largest absolute Gasteiger partial charge is 0.507 e. The number of rotatable bonds is 7. The fourth-order valence-corrected chi connectivity index (χ4v) is 4.84. The van der Waals surface area contributed by atoms with Crippen molar-refractivity contribution >= 4 is 11.5 Å². The minimum Gasteiger partial charge on any atom is -0.507 e. The number of aliphatic hydroxyl groups is 2. The Balaban J connectivity index is 1.56. The third kappa shape index (κ3) is 5.26. The van der Waals surface area contributed by atoms with Crippen molar-refractivity contribution in [1.82, 2.24) is 15.4 Å². The van der Waals surface area contributed by atoms with Gasteiger partial charge in [0.1, 0.15) is 11.7 Å². The van der Waals surface area contributed by atoms with Crippen LogP contribution in [0.5, 0.6) is 0 Å². The van der Waals surface area contributed by atoms with E-state index in [1.54, 1.807) is 31.2 Å². The van der Waals surface area contributed by atoms with Crippen molar-refractivity contribution in [2.75, 3.05) is 32.8 Å². The Morgan fingerprint density at radius 2 is 1.84 bits per heavy atom. The van der Waals surface area contributed by atoms with E-state index >= 15 is 4.39 Å². The Morgan fingerprint density at radius 1 is 1.13 bits per heavy atom. The molecule has 3 N–H and O–H groups in total. The molecule has 5 rings (SSSR count). The van der Waals surface area contributed by atoms with Gasteiger partial charge in [-0.2, -0.15) is 0 Å². The molecule has 1 saturated heterocycles. The number of carbonyl (C=O) groups is 1. The summed E-state index contributed by atoms with van der Waals surface area (Å²) in [6, 6.07) is 16.5. The molecular weight excluding hydrogens is 489 g/mol. The lowest BCUT2D eigenvalue weighted by Gasteiger charge is -2.28. The minimum atomic E-state index is -2.98. The average Bonchev–Trinajstić information content (AvgIpc) is 3.35. The molecule has 2 atom stereocenters. The fraction of sp³-hybridized carbons (Fsp3) is 0.310. The first-order valence-corrected chi connectivity index (χ1v) is 12.6. The molecule has 2 unspecified atom stereocenters. The standard InChI is InChI=1S/C29H30FN3O5/c1-2-31-28(35)26-25(21-10-8-19(9-11-21)18-33-12-14-37-15-13-33)27(38-32-26)23-16-22(20-6-4-3-5-7-20)24(34)17-29(23,30)36/h3-11,16-17,23,34,36H,2,12-15,18H2,1H3,(H,31,35). The predicted molar refractivity (Wildman–Crippen MR) is 140 cm³/mol. The van der Waals surface area contributed by atoms with Gasteiger partial charge < -0.3 is 24.8 Å². The maximum absolute atomic E-state index is 15.6. The molecule has 1 aromatic heterocycles. The van der Waals surface area contributed by atoms with Crippen LogP contribution in [0.25, 0.3) is 16.7 Å². The lowest BCUT2D eigenvalue weighted by Crippen LogP contribution is -2.35. The number of amides is 1. The first kappa shape index (κ1) is 25.8. The number of benzene rings is 2. The van der Waals surface area contributed by atoms with Crippen LogP contribution >= 0.6 is 0 Å². The van der Waals surface area contributed by atoms with Gasteiger partial charge in [-0.05, 0) is 23.6 Å². The van der Waals surface area contributed by atoms with Crippen LogP contribution in [-0.2, 0) is 11.3 Å². The molecule has 3 aromatic rings. The molecular formula is C29H30FN3O5. The highest BCUT2D eigenvalue weighted by Crippen LogP contribution is 2.45. The second-order valence-corrected chi connectivity index (χ2v) is 9.40. The van der Waals surface area contributed by atoms with Crippen molar-refractivity contribution < 1.29 is 28.7 Å². The van der Waals surface area contributed by atoms with Crippen LogP contribution in [0.15, 0.2) is 77.0 Å². The Hall–Kier alpha value is -3.79. The number of aromatic nitrogens is 1. The van der Waals surface area contributed by atoms with E-state index in [1.165, 1.54) is 6.08 Å². The Morgan fingerprint density at radius 3 is 2.53 bits per heavy atom. The quantitative estimate of drug-likeness (QED) is 0.429. The van der Waals surface area contributed by atoms with Crippen LogP contribution in [0.3, 0.4) is 0 Å². The normalized spacial score (nSPS) is 22.0. The highest BCUT2D eigenvalue weighted by Gasteiger charge is 2.44. The van der Waals surface area contributed by atoms with E-state index in [9.17, 15) is 15.0 Å². The van der Waals surface area contributed by atoms with Gasteiger partial charge in [0.05, 0.1) is 18.8 Å². The molecule has 2 heterocycles. The van der Waals surface area contributed by atoms with Gasteiger partial charge in [-0.25, -0.2) is 4.39 Å². The maximum Gasteiger partial charge on any atom is 0.274 e. The molecule has 0 spiro atoms. The van der Waals surface area contributed by atoms with Crippen molar-refractivity contribution in [1.29, 1.82) is 0 Å². The van der Waals surface area contributed by atoms with Gasteiger partial charge in [0.15, 0.2) is 11.5 Å². The van der Waals surface area contributed by atoms with Gasteiger partial charge in [-0.3, -0.25) is 9.69 Å². The molecule has 1 fully saturated rings. The number of carbonyl (C=O) groups excluding carboxylic acids is 1. The van der Waals surface area contributed by atoms with E-state index < -0.39 is 23.4 Å². The van der Waals surface area contributed by atoms with Gasteiger partial charge in [0, 0.05) is 37.8 Å². The maximum atomic E-state index is 15.6. The second kappa shape index (κ2) is 10.9. The molecule has 2 aromatic carbocycles. The van der Waals surface area contributed by atoms with Crippen molar-refractivity contribution in [2.24, 2.45) is 0 Å². The van der Waals surface area contributed by atoms with E-state index in [4.69, 9.17) is 9.26 Å². The molecule has 0 radical (unpaired) electrons. The number of allylic oxidation sites excluding steroid dienone is 1. The third-order valence-corrected chi connectivity index (χ3v) is 6.78. The molecule has 2 aliphatic rings. The highest BCUT2D eigenvalue weighted by molar-refractivity contribution is 5.99. The zero-order valence-corrected chi connectivity index (χ0v) is 21.1. The summed E-state index contributed by atoms with van der Waals surface area (Å²) in [5.74, 6) is -5.24. The average molecular weight is 520 g/mol. The summed E-state index contributed by atoms with van der Waals surface area (Å²) in [7, 11) is 0. The number of morpholine rings is 1. The monoisotopic (exact) mass is 519 g/mol. The number of ether oxygens (including phenoxy) is 1. The number of aliphatic hydroxyl groups excluding tert-OH is 1. The van der Waals surface area contributed by atoms with Crippen molar-refractivity contribution in [2.45, 2.75) is 25.2 Å². The molecule has 1 amide bonds. The van der Waals surface area contributed by atoms with Crippen LogP contribution in [0.4, 0.5) is 4.39 Å². The first-order valence-electron chi connectivity index (χ1n) is 12.6. The molecule has 9 heteroatoms. The SMILES string of the molecule is CCNC(=O)c1noc(C2C=C(c3ccccc3)C(O)=CC2(O)F)c1-c1ccc(CN2CCOCC2)cc1. The number of alkyl halides is 1. The van der Waals surface area contributed by atoms with E-state index in [0.29, 0.717) is 36.5 Å². The first-order chi connectivity index (χ1) is 18.4. The van der Waals surface area contributed by atoms with Crippen LogP contribution in [0, 0.1) is 0 Å². The van der Waals surface area contributed by atoms with Crippen LogP contribution in [0.1, 0.15) is 40.2 Å². The summed E-state index contributed by atoms with van der Waals surface area (Å²) in [5, 5.41) is 27.9. The van der Waals surface area contributed by atoms with Gasteiger partial charge >= 0.3 is 0 Å². The number of hydrogen-bond acceptors (Lipinski definition) is 7. The van der Waals surface area contributed by atoms with E-state index in [2.05, 4.69) is 15.4 Å². The van der Waals surface area contributed by atoms with E-state index in [1.807, 2.05) is 30.3 Å². The highest BCUT2D eigenvalue weighted by atomic mass is 19.2. The van der Waals surface area contributed by atoms with Crippen molar-refractivity contribution in [3.8, 4) is 11.1 Å². The summed E-state index contributed by atoms with van der Waals surface area (Å²) in [4.78, 5) is 15.2. The molecule has 198 valence electrons. The lowest BCUT2D eigenvalue weighted by molar-refractivity contribution is -0.0611.